The standard InChI is InChI=1S/C21H26N2O7S/c1-14-12-23(13-15(2)29-14)20(24)16(3)30-21(25)17-6-4-8-19(10-17)31(26,27)22-11-18-7-5-9-28-18/h4-10,14-16,22H,11-13H2,1-3H3. The fourth-order valence-electron chi connectivity index (χ4n) is 3.35. The molecule has 3 atom stereocenters. The lowest BCUT2D eigenvalue weighted by Crippen LogP contribution is -2.51. The number of hydrogen-bond acceptors (Lipinski definition) is 7. The van der Waals surface area contributed by atoms with Gasteiger partial charge in [-0.05, 0) is 51.1 Å². The second-order valence-corrected chi connectivity index (χ2v) is 9.25. The maximum absolute atomic E-state index is 12.7. The van der Waals surface area contributed by atoms with Crippen LogP contribution in [0.4, 0.5) is 0 Å². The van der Waals surface area contributed by atoms with Gasteiger partial charge in [0.05, 0.1) is 35.5 Å². The molecule has 0 aliphatic carbocycles. The third-order valence-electron chi connectivity index (χ3n) is 4.76. The van der Waals surface area contributed by atoms with Gasteiger partial charge < -0.3 is 18.8 Å². The van der Waals surface area contributed by atoms with Crippen LogP contribution in [0.3, 0.4) is 0 Å². The zero-order valence-corrected chi connectivity index (χ0v) is 18.4. The number of amides is 1. The molecule has 0 spiro atoms. The second kappa shape index (κ2) is 9.63. The van der Waals surface area contributed by atoms with E-state index in [2.05, 4.69) is 4.72 Å². The monoisotopic (exact) mass is 450 g/mol. The van der Waals surface area contributed by atoms with Gasteiger partial charge in [-0.3, -0.25) is 4.79 Å². The molecule has 2 aromatic rings. The van der Waals surface area contributed by atoms with Gasteiger partial charge in [-0.2, -0.15) is 0 Å². The van der Waals surface area contributed by atoms with Crippen molar-refractivity contribution in [1.82, 2.24) is 9.62 Å². The average molecular weight is 451 g/mol. The summed E-state index contributed by atoms with van der Waals surface area (Å²) in [7, 11) is -3.87. The van der Waals surface area contributed by atoms with E-state index in [9.17, 15) is 18.0 Å². The molecule has 9 nitrogen and oxygen atoms in total. The summed E-state index contributed by atoms with van der Waals surface area (Å²) in [6.07, 6.45) is 0.223. The van der Waals surface area contributed by atoms with Gasteiger partial charge in [0.1, 0.15) is 5.76 Å². The van der Waals surface area contributed by atoms with E-state index in [4.69, 9.17) is 13.9 Å². The number of nitrogens with one attached hydrogen (secondary N) is 1. The van der Waals surface area contributed by atoms with Crippen molar-refractivity contribution in [1.29, 1.82) is 0 Å². The number of hydrogen-bond donors (Lipinski definition) is 1. The van der Waals surface area contributed by atoms with Crippen molar-refractivity contribution >= 4 is 21.9 Å². The Morgan fingerprint density at radius 1 is 1.19 bits per heavy atom. The van der Waals surface area contributed by atoms with Crippen LogP contribution in [0.15, 0.2) is 52.0 Å². The van der Waals surface area contributed by atoms with Crippen molar-refractivity contribution in [2.24, 2.45) is 0 Å². The van der Waals surface area contributed by atoms with Crippen molar-refractivity contribution in [2.75, 3.05) is 13.1 Å². The van der Waals surface area contributed by atoms with Gasteiger partial charge in [-0.25, -0.2) is 17.9 Å². The molecule has 10 heteroatoms. The highest BCUT2D eigenvalue weighted by molar-refractivity contribution is 7.89. The first kappa shape index (κ1) is 23.0. The van der Waals surface area contributed by atoms with Crippen LogP contribution >= 0.6 is 0 Å². The van der Waals surface area contributed by atoms with Crippen LogP contribution in [0.25, 0.3) is 0 Å². The number of carbonyl (C=O) groups is 2. The summed E-state index contributed by atoms with van der Waals surface area (Å²) in [6.45, 7) is 6.06. The number of rotatable bonds is 7. The maximum Gasteiger partial charge on any atom is 0.338 e. The lowest BCUT2D eigenvalue weighted by molar-refractivity contribution is -0.151. The van der Waals surface area contributed by atoms with Crippen LogP contribution in [-0.4, -0.2) is 56.6 Å². The number of esters is 1. The second-order valence-electron chi connectivity index (χ2n) is 7.48. The third kappa shape index (κ3) is 5.93. The van der Waals surface area contributed by atoms with E-state index in [0.29, 0.717) is 18.8 Å². The van der Waals surface area contributed by atoms with Gasteiger partial charge in [-0.15, -0.1) is 0 Å². The van der Waals surface area contributed by atoms with Gasteiger partial charge in [0.15, 0.2) is 6.10 Å². The fourth-order valence-corrected chi connectivity index (χ4v) is 4.39. The van der Waals surface area contributed by atoms with Crippen molar-refractivity contribution in [3.8, 4) is 0 Å². The van der Waals surface area contributed by atoms with E-state index in [0.717, 1.165) is 0 Å². The van der Waals surface area contributed by atoms with Crippen molar-refractivity contribution in [3.05, 3.63) is 54.0 Å². The number of nitrogens with zero attached hydrogens (tertiary/aromatic N) is 1. The van der Waals surface area contributed by atoms with E-state index in [1.54, 1.807) is 17.0 Å². The molecule has 0 saturated carbocycles. The van der Waals surface area contributed by atoms with Gasteiger partial charge in [0.2, 0.25) is 10.0 Å². The Morgan fingerprint density at radius 2 is 1.90 bits per heavy atom. The van der Waals surface area contributed by atoms with Crippen LogP contribution in [0, 0.1) is 0 Å². The Labute approximate surface area is 181 Å². The van der Waals surface area contributed by atoms with Gasteiger partial charge >= 0.3 is 5.97 Å². The molecule has 3 unspecified atom stereocenters. The number of benzene rings is 1. The minimum atomic E-state index is -3.87. The number of ether oxygens (including phenoxy) is 2. The minimum absolute atomic E-state index is 0.0219. The predicted octanol–water partition coefficient (Wildman–Crippen LogP) is 1.94. The molecule has 1 fully saturated rings. The van der Waals surface area contributed by atoms with Crippen LogP contribution in [0.5, 0.6) is 0 Å². The smallest absolute Gasteiger partial charge is 0.338 e. The number of morpholine rings is 1. The Morgan fingerprint density at radius 3 is 2.55 bits per heavy atom. The summed E-state index contributed by atoms with van der Waals surface area (Å²) >= 11 is 0. The van der Waals surface area contributed by atoms with Crippen LogP contribution < -0.4 is 4.72 Å². The van der Waals surface area contributed by atoms with Crippen molar-refractivity contribution in [3.63, 3.8) is 0 Å². The first-order valence-electron chi connectivity index (χ1n) is 9.93. The lowest BCUT2D eigenvalue weighted by Gasteiger charge is -2.36. The van der Waals surface area contributed by atoms with E-state index in [1.807, 2.05) is 13.8 Å². The quantitative estimate of drug-likeness (QED) is 0.641. The normalized spacial score (nSPS) is 20.3. The first-order chi connectivity index (χ1) is 14.7. The summed E-state index contributed by atoms with van der Waals surface area (Å²) in [6, 6.07) is 8.75. The molecule has 1 aliphatic rings. The van der Waals surface area contributed by atoms with Gasteiger partial charge in [0.25, 0.3) is 5.91 Å². The minimum Gasteiger partial charge on any atom is -0.468 e. The molecule has 2 heterocycles. The average Bonchev–Trinajstić information content (AvgIpc) is 3.25. The zero-order chi connectivity index (χ0) is 22.6. The molecule has 1 amide bonds. The Hall–Kier alpha value is -2.69. The molecule has 1 saturated heterocycles. The summed E-state index contributed by atoms with van der Waals surface area (Å²) in [5.41, 5.74) is 0.0317. The summed E-state index contributed by atoms with van der Waals surface area (Å²) < 4.78 is 43.5. The molecule has 31 heavy (non-hydrogen) atoms. The van der Waals surface area contributed by atoms with Crippen molar-refractivity contribution < 1.29 is 31.9 Å². The molecule has 0 radical (unpaired) electrons. The molecule has 1 aromatic carbocycles. The molecular weight excluding hydrogens is 424 g/mol. The predicted molar refractivity (Wildman–Crippen MR) is 111 cm³/mol. The number of carbonyl (C=O) groups excluding carboxylic acids is 2. The molecular formula is C21H26N2O7S. The SMILES string of the molecule is CC1CN(C(=O)C(C)OC(=O)c2cccc(S(=O)(=O)NCc3ccco3)c2)CC(C)O1. The van der Waals surface area contributed by atoms with E-state index < -0.39 is 22.1 Å². The zero-order valence-electron chi connectivity index (χ0n) is 17.6. The molecule has 3 rings (SSSR count). The van der Waals surface area contributed by atoms with Crippen molar-refractivity contribution in [2.45, 2.75) is 50.5 Å². The Balaban J connectivity index is 1.64. The summed E-state index contributed by atoms with van der Waals surface area (Å²) in [4.78, 5) is 26.7. The Bertz CT molecular complexity index is 1010. The largest absolute Gasteiger partial charge is 0.468 e. The maximum atomic E-state index is 12.7. The molecule has 1 aliphatic heterocycles. The molecule has 1 aromatic heterocycles. The Kier molecular flexibility index (Phi) is 7.14. The highest BCUT2D eigenvalue weighted by Gasteiger charge is 2.30. The van der Waals surface area contributed by atoms with E-state index >= 15 is 0 Å². The first-order valence-corrected chi connectivity index (χ1v) is 11.4. The van der Waals surface area contributed by atoms with Crippen LogP contribution in [0.2, 0.25) is 0 Å². The molecule has 168 valence electrons. The third-order valence-corrected chi connectivity index (χ3v) is 6.16. The number of furan rings is 1. The van der Waals surface area contributed by atoms with E-state index in [-0.39, 0.29) is 35.1 Å². The van der Waals surface area contributed by atoms with E-state index in [1.165, 1.54) is 37.5 Å². The topological polar surface area (TPSA) is 115 Å². The summed E-state index contributed by atoms with van der Waals surface area (Å²) in [5, 5.41) is 0. The highest BCUT2D eigenvalue weighted by atomic mass is 32.2. The number of sulfonamides is 1. The van der Waals surface area contributed by atoms with Gasteiger partial charge in [-0.1, -0.05) is 6.07 Å². The van der Waals surface area contributed by atoms with Gasteiger partial charge in [0, 0.05) is 13.1 Å². The summed E-state index contributed by atoms with van der Waals surface area (Å²) in [5.74, 6) is -0.643. The van der Waals surface area contributed by atoms with Crippen LogP contribution in [-0.2, 0) is 30.8 Å². The molecule has 0 bridgehead atoms. The van der Waals surface area contributed by atoms with Crippen LogP contribution in [0.1, 0.15) is 36.9 Å². The molecule has 1 N–H and O–H groups in total. The highest BCUT2D eigenvalue weighted by Crippen LogP contribution is 2.16. The lowest BCUT2D eigenvalue weighted by atomic mass is 10.2. The fraction of sp³-hybridized carbons (Fsp3) is 0.429.